The highest BCUT2D eigenvalue weighted by Crippen LogP contribution is 2.22. The van der Waals surface area contributed by atoms with Gasteiger partial charge >= 0.3 is 5.97 Å². The second-order valence-electron chi connectivity index (χ2n) is 4.70. The van der Waals surface area contributed by atoms with Crippen molar-refractivity contribution in [3.8, 4) is 0 Å². The summed E-state index contributed by atoms with van der Waals surface area (Å²) in [5.74, 6) is 0.513. The molecule has 0 fully saturated rings. The number of benzene rings is 1. The molecule has 19 heavy (non-hydrogen) atoms. The summed E-state index contributed by atoms with van der Waals surface area (Å²) in [6.07, 6.45) is 0. The monoisotopic (exact) mass is 281 g/mol. The van der Waals surface area contributed by atoms with E-state index in [0.29, 0.717) is 12.4 Å². The maximum absolute atomic E-state index is 11.9. The number of aryl methyl sites for hydroxylation is 1. The summed E-state index contributed by atoms with van der Waals surface area (Å²) in [4.78, 5) is 13.1. The first-order chi connectivity index (χ1) is 9.04. The molecule has 1 aromatic rings. The predicted octanol–water partition coefficient (Wildman–Crippen LogP) is 3.02. The minimum Gasteiger partial charge on any atom is -0.465 e. The Morgan fingerprint density at radius 2 is 2.05 bits per heavy atom. The van der Waals surface area contributed by atoms with Crippen LogP contribution in [0.5, 0.6) is 0 Å². The van der Waals surface area contributed by atoms with Gasteiger partial charge in [0, 0.05) is 16.7 Å². The Balaban J connectivity index is 2.62. The molecule has 1 atom stereocenters. The van der Waals surface area contributed by atoms with Gasteiger partial charge < -0.3 is 10.1 Å². The lowest BCUT2D eigenvalue weighted by Gasteiger charge is -2.19. The SMILES string of the molecule is CCOC(=O)C(CSc1ccccc1C)NC(C)C. The van der Waals surface area contributed by atoms with Crippen LogP contribution in [0.4, 0.5) is 0 Å². The topological polar surface area (TPSA) is 38.3 Å². The summed E-state index contributed by atoms with van der Waals surface area (Å²) in [7, 11) is 0. The third kappa shape index (κ3) is 5.66. The van der Waals surface area contributed by atoms with E-state index in [4.69, 9.17) is 4.74 Å². The fourth-order valence-electron chi connectivity index (χ4n) is 1.72. The molecule has 0 aromatic heterocycles. The van der Waals surface area contributed by atoms with Crippen molar-refractivity contribution in [1.29, 1.82) is 0 Å². The molecule has 0 saturated heterocycles. The highest BCUT2D eigenvalue weighted by Gasteiger charge is 2.20. The Kier molecular flexibility index (Phi) is 6.95. The van der Waals surface area contributed by atoms with Crippen LogP contribution in [-0.4, -0.2) is 30.4 Å². The number of thioether (sulfide) groups is 1. The third-order valence-corrected chi connectivity index (χ3v) is 3.87. The van der Waals surface area contributed by atoms with Gasteiger partial charge in [-0.1, -0.05) is 32.0 Å². The van der Waals surface area contributed by atoms with Crippen molar-refractivity contribution in [2.24, 2.45) is 0 Å². The van der Waals surface area contributed by atoms with Gasteiger partial charge in [-0.3, -0.25) is 4.79 Å². The number of hydrogen-bond donors (Lipinski definition) is 1. The maximum atomic E-state index is 11.9. The fourth-order valence-corrected chi connectivity index (χ4v) is 2.77. The average Bonchev–Trinajstić information content (AvgIpc) is 2.36. The minimum absolute atomic E-state index is 0.169. The van der Waals surface area contributed by atoms with E-state index in [9.17, 15) is 4.79 Å². The molecule has 0 saturated carbocycles. The normalized spacial score (nSPS) is 12.5. The highest BCUT2D eigenvalue weighted by atomic mass is 32.2. The van der Waals surface area contributed by atoms with E-state index in [-0.39, 0.29) is 18.1 Å². The summed E-state index contributed by atoms with van der Waals surface area (Å²) >= 11 is 1.69. The molecule has 1 unspecified atom stereocenters. The zero-order valence-corrected chi connectivity index (χ0v) is 12.9. The van der Waals surface area contributed by atoms with E-state index < -0.39 is 0 Å². The molecule has 1 aromatic carbocycles. The number of carbonyl (C=O) groups is 1. The molecule has 3 nitrogen and oxygen atoms in total. The van der Waals surface area contributed by atoms with Crippen molar-refractivity contribution >= 4 is 17.7 Å². The van der Waals surface area contributed by atoms with Crippen LogP contribution in [0, 0.1) is 6.92 Å². The maximum Gasteiger partial charge on any atom is 0.324 e. The Morgan fingerprint density at radius 3 is 2.63 bits per heavy atom. The molecule has 0 radical (unpaired) electrons. The first kappa shape index (κ1) is 16.1. The second-order valence-corrected chi connectivity index (χ2v) is 5.76. The molecule has 0 aliphatic carbocycles. The molecule has 0 aliphatic rings. The Labute approximate surface area is 120 Å². The van der Waals surface area contributed by atoms with Crippen LogP contribution in [0.25, 0.3) is 0 Å². The van der Waals surface area contributed by atoms with Crippen LogP contribution >= 0.6 is 11.8 Å². The molecule has 106 valence electrons. The van der Waals surface area contributed by atoms with Gasteiger partial charge in [0.1, 0.15) is 6.04 Å². The van der Waals surface area contributed by atoms with Gasteiger partial charge in [0.2, 0.25) is 0 Å². The number of esters is 1. The lowest BCUT2D eigenvalue weighted by molar-refractivity contribution is -0.145. The van der Waals surface area contributed by atoms with Crippen molar-refractivity contribution in [2.45, 2.75) is 44.7 Å². The zero-order chi connectivity index (χ0) is 14.3. The number of carbonyl (C=O) groups excluding carboxylic acids is 1. The molecule has 1 N–H and O–H groups in total. The number of nitrogens with one attached hydrogen (secondary N) is 1. The van der Waals surface area contributed by atoms with Gasteiger partial charge in [0.15, 0.2) is 0 Å². The molecule has 0 bridgehead atoms. The largest absolute Gasteiger partial charge is 0.465 e. The summed E-state index contributed by atoms with van der Waals surface area (Å²) in [5.41, 5.74) is 1.24. The van der Waals surface area contributed by atoms with Crippen LogP contribution in [0.15, 0.2) is 29.2 Å². The first-order valence-electron chi connectivity index (χ1n) is 6.65. The van der Waals surface area contributed by atoms with E-state index in [1.807, 2.05) is 32.9 Å². The van der Waals surface area contributed by atoms with E-state index in [2.05, 4.69) is 24.4 Å². The summed E-state index contributed by atoms with van der Waals surface area (Å²) < 4.78 is 5.11. The van der Waals surface area contributed by atoms with E-state index in [1.165, 1.54) is 10.5 Å². The van der Waals surface area contributed by atoms with Crippen LogP contribution in [0.1, 0.15) is 26.3 Å². The first-order valence-corrected chi connectivity index (χ1v) is 7.64. The van der Waals surface area contributed by atoms with Crippen molar-refractivity contribution in [3.05, 3.63) is 29.8 Å². The molecule has 0 spiro atoms. The van der Waals surface area contributed by atoms with Crippen LogP contribution in [0.2, 0.25) is 0 Å². The van der Waals surface area contributed by atoms with Crippen molar-refractivity contribution < 1.29 is 9.53 Å². The van der Waals surface area contributed by atoms with Crippen molar-refractivity contribution in [2.75, 3.05) is 12.4 Å². The van der Waals surface area contributed by atoms with Crippen molar-refractivity contribution in [1.82, 2.24) is 5.32 Å². The van der Waals surface area contributed by atoms with Gasteiger partial charge in [-0.2, -0.15) is 0 Å². The average molecular weight is 281 g/mol. The number of rotatable bonds is 7. The molecule has 0 aliphatic heterocycles. The zero-order valence-electron chi connectivity index (χ0n) is 12.1. The highest BCUT2D eigenvalue weighted by molar-refractivity contribution is 7.99. The predicted molar refractivity (Wildman–Crippen MR) is 80.6 cm³/mol. The summed E-state index contributed by atoms with van der Waals surface area (Å²) in [6.45, 7) is 8.40. The molecular formula is C15H23NO2S. The van der Waals surface area contributed by atoms with E-state index in [0.717, 1.165) is 0 Å². The fraction of sp³-hybridized carbons (Fsp3) is 0.533. The van der Waals surface area contributed by atoms with Gasteiger partial charge in [-0.25, -0.2) is 0 Å². The summed E-state index contributed by atoms with van der Waals surface area (Å²) in [6, 6.07) is 8.20. The Bertz CT molecular complexity index is 407. The van der Waals surface area contributed by atoms with Crippen LogP contribution in [-0.2, 0) is 9.53 Å². The Morgan fingerprint density at radius 1 is 1.37 bits per heavy atom. The second kappa shape index (κ2) is 8.23. The smallest absolute Gasteiger partial charge is 0.324 e. The molecule has 0 heterocycles. The molecular weight excluding hydrogens is 258 g/mol. The van der Waals surface area contributed by atoms with Crippen molar-refractivity contribution in [3.63, 3.8) is 0 Å². The number of hydrogen-bond acceptors (Lipinski definition) is 4. The van der Waals surface area contributed by atoms with Crippen LogP contribution in [0.3, 0.4) is 0 Å². The van der Waals surface area contributed by atoms with E-state index in [1.54, 1.807) is 11.8 Å². The Hall–Kier alpha value is -1.00. The third-order valence-electron chi connectivity index (χ3n) is 2.60. The standard InChI is InChI=1S/C15H23NO2S/c1-5-18-15(17)13(16-11(2)3)10-19-14-9-7-6-8-12(14)4/h6-9,11,13,16H,5,10H2,1-4H3. The quantitative estimate of drug-likeness (QED) is 0.616. The summed E-state index contributed by atoms with van der Waals surface area (Å²) in [5, 5.41) is 3.26. The van der Waals surface area contributed by atoms with Gasteiger partial charge in [-0.05, 0) is 25.5 Å². The lowest BCUT2D eigenvalue weighted by atomic mass is 10.2. The van der Waals surface area contributed by atoms with Gasteiger partial charge in [0.05, 0.1) is 6.61 Å². The molecule has 0 amide bonds. The van der Waals surface area contributed by atoms with Crippen LogP contribution < -0.4 is 5.32 Å². The van der Waals surface area contributed by atoms with Gasteiger partial charge in [-0.15, -0.1) is 11.8 Å². The lowest BCUT2D eigenvalue weighted by Crippen LogP contribution is -2.43. The minimum atomic E-state index is -0.260. The molecule has 4 heteroatoms. The number of ether oxygens (including phenoxy) is 1. The van der Waals surface area contributed by atoms with E-state index >= 15 is 0 Å². The molecule has 1 rings (SSSR count). The van der Waals surface area contributed by atoms with Gasteiger partial charge in [0.25, 0.3) is 0 Å².